The number of carbonyl (C=O) groups excluding carboxylic acids is 2. The number of alkyl halides is 1. The quantitative estimate of drug-likeness (QED) is 0.488. The van der Waals surface area contributed by atoms with Crippen LogP contribution in [0.3, 0.4) is 0 Å². The smallest absolute Gasteiger partial charge is 0.337 e. The average molecular weight is 332 g/mol. The van der Waals surface area contributed by atoms with Crippen molar-refractivity contribution in [2.45, 2.75) is 23.6 Å². The van der Waals surface area contributed by atoms with E-state index in [9.17, 15) is 9.59 Å². The van der Waals surface area contributed by atoms with Crippen LogP contribution >= 0.6 is 23.4 Å². The van der Waals surface area contributed by atoms with Gasteiger partial charge in [-0.2, -0.15) is 11.8 Å². The van der Waals surface area contributed by atoms with Gasteiger partial charge in [0.1, 0.15) is 11.8 Å². The van der Waals surface area contributed by atoms with E-state index in [-0.39, 0.29) is 5.25 Å². The Morgan fingerprint density at radius 2 is 1.86 bits per heavy atom. The fourth-order valence-electron chi connectivity index (χ4n) is 1.51. The highest BCUT2D eigenvalue weighted by Gasteiger charge is 2.28. The number of methoxy groups -OCH3 is 1. The van der Waals surface area contributed by atoms with E-state index in [0.29, 0.717) is 11.3 Å². The molecule has 5 nitrogen and oxygen atoms in total. The minimum Gasteiger partial charge on any atom is -0.465 e. The van der Waals surface area contributed by atoms with Gasteiger partial charge in [0.15, 0.2) is 0 Å². The Labute approximate surface area is 133 Å². The van der Waals surface area contributed by atoms with Crippen LogP contribution in [0, 0.1) is 0 Å². The first-order chi connectivity index (χ1) is 9.90. The minimum absolute atomic E-state index is 0.0240. The summed E-state index contributed by atoms with van der Waals surface area (Å²) in [6, 6.07) is 5.08. The fraction of sp³-hybridized carbons (Fsp3) is 0.429. The number of hydrogen-bond donors (Lipinski definition) is 1. The molecule has 0 aliphatic heterocycles. The second-order valence-electron chi connectivity index (χ2n) is 4.35. The van der Waals surface area contributed by atoms with Crippen molar-refractivity contribution in [3.63, 3.8) is 0 Å². The third-order valence-electron chi connectivity index (χ3n) is 2.93. The van der Waals surface area contributed by atoms with Gasteiger partial charge in [0, 0.05) is 5.25 Å². The first-order valence-corrected chi connectivity index (χ1v) is 7.95. The second kappa shape index (κ2) is 8.26. The van der Waals surface area contributed by atoms with Crippen LogP contribution in [0.5, 0.6) is 5.75 Å². The summed E-state index contributed by atoms with van der Waals surface area (Å²) in [4.78, 5) is 23.2. The molecule has 1 aromatic carbocycles. The Hall–Kier alpha value is -1.24. The zero-order valence-corrected chi connectivity index (χ0v) is 13.6. The van der Waals surface area contributed by atoms with Crippen LogP contribution in [0.25, 0.3) is 0 Å². The maximum Gasteiger partial charge on any atom is 0.337 e. The van der Waals surface area contributed by atoms with Gasteiger partial charge in [-0.05, 0) is 30.5 Å². The van der Waals surface area contributed by atoms with Crippen molar-refractivity contribution in [1.29, 1.82) is 0 Å². The summed E-state index contributed by atoms with van der Waals surface area (Å²) in [6.45, 7) is 1.89. The molecule has 1 aromatic rings. The van der Waals surface area contributed by atoms with Crippen LogP contribution in [-0.4, -0.2) is 42.0 Å². The lowest BCUT2D eigenvalue weighted by atomic mass is 10.1. The summed E-state index contributed by atoms with van der Waals surface area (Å²) in [5, 5.41) is -0.502. The van der Waals surface area contributed by atoms with Crippen LogP contribution < -0.4 is 10.5 Å². The Morgan fingerprint density at radius 3 is 2.33 bits per heavy atom. The van der Waals surface area contributed by atoms with Crippen molar-refractivity contribution in [2.24, 2.45) is 5.73 Å². The van der Waals surface area contributed by atoms with Crippen molar-refractivity contribution in [1.82, 2.24) is 0 Å². The van der Waals surface area contributed by atoms with Gasteiger partial charge >= 0.3 is 11.9 Å². The van der Waals surface area contributed by atoms with Crippen molar-refractivity contribution >= 4 is 35.3 Å². The molecule has 7 heteroatoms. The molecule has 0 saturated carbocycles. The van der Waals surface area contributed by atoms with Crippen molar-refractivity contribution in [3.8, 4) is 5.75 Å². The van der Waals surface area contributed by atoms with Gasteiger partial charge in [-0.1, -0.05) is 6.92 Å². The predicted octanol–water partition coefficient (Wildman–Crippen LogP) is 2.06. The highest BCUT2D eigenvalue weighted by atomic mass is 35.5. The summed E-state index contributed by atoms with van der Waals surface area (Å²) >= 11 is 7.64. The number of benzene rings is 1. The summed E-state index contributed by atoms with van der Waals surface area (Å²) in [5.41, 5.74) is 6.16. The molecule has 0 aliphatic carbocycles. The lowest BCUT2D eigenvalue weighted by molar-refractivity contribution is -0.135. The molecule has 0 saturated heterocycles. The molecule has 0 radical (unpaired) electrons. The fourth-order valence-corrected chi connectivity index (χ4v) is 2.35. The summed E-state index contributed by atoms with van der Waals surface area (Å²) in [7, 11) is 1.29. The van der Waals surface area contributed by atoms with Gasteiger partial charge in [-0.15, -0.1) is 11.6 Å². The summed E-state index contributed by atoms with van der Waals surface area (Å²) in [6.07, 6.45) is 1.89. The van der Waals surface area contributed by atoms with E-state index in [4.69, 9.17) is 22.1 Å². The summed E-state index contributed by atoms with van der Waals surface area (Å²) < 4.78 is 9.73. The van der Waals surface area contributed by atoms with E-state index < -0.39 is 23.4 Å². The number of hydrogen-bond acceptors (Lipinski definition) is 6. The van der Waals surface area contributed by atoms with E-state index in [1.54, 1.807) is 0 Å². The van der Waals surface area contributed by atoms with Crippen LogP contribution in [0.1, 0.15) is 17.3 Å². The van der Waals surface area contributed by atoms with Gasteiger partial charge in [-0.3, -0.25) is 0 Å². The topological polar surface area (TPSA) is 78.6 Å². The number of carbonyl (C=O) groups is 2. The Bertz CT molecular complexity index is 494. The molecule has 3 unspecified atom stereocenters. The zero-order chi connectivity index (χ0) is 16.0. The van der Waals surface area contributed by atoms with Crippen molar-refractivity contribution < 1.29 is 19.1 Å². The maximum atomic E-state index is 11.9. The Kier molecular flexibility index (Phi) is 7.01. The molecule has 0 amide bonds. The van der Waals surface area contributed by atoms with E-state index in [2.05, 4.69) is 4.74 Å². The number of ether oxygens (including phenoxy) is 2. The first-order valence-electron chi connectivity index (χ1n) is 6.23. The molecule has 0 bridgehead atoms. The zero-order valence-electron chi connectivity index (χ0n) is 12.0. The van der Waals surface area contributed by atoms with E-state index in [1.165, 1.54) is 43.1 Å². The normalized spacial score (nSPS) is 14.9. The van der Waals surface area contributed by atoms with Gasteiger partial charge in [0.25, 0.3) is 0 Å². The standard InChI is InChI=1S/C14H18ClNO4S/c1-8(21-3)11(15)12(16)14(18)20-10-6-4-9(5-7-10)13(17)19-2/h4-8,11-12H,16H2,1-3H3. The molecule has 2 N–H and O–H groups in total. The third-order valence-corrected chi connectivity index (χ3v) is 4.76. The Morgan fingerprint density at radius 1 is 1.29 bits per heavy atom. The van der Waals surface area contributed by atoms with E-state index >= 15 is 0 Å². The average Bonchev–Trinajstić information content (AvgIpc) is 2.52. The van der Waals surface area contributed by atoms with Crippen LogP contribution in [0.2, 0.25) is 0 Å². The second-order valence-corrected chi connectivity index (χ2v) is 6.07. The van der Waals surface area contributed by atoms with Crippen molar-refractivity contribution in [2.75, 3.05) is 13.4 Å². The third kappa shape index (κ3) is 4.91. The highest BCUT2D eigenvalue weighted by molar-refractivity contribution is 7.99. The molecule has 21 heavy (non-hydrogen) atoms. The highest BCUT2D eigenvalue weighted by Crippen LogP contribution is 2.20. The lowest BCUT2D eigenvalue weighted by Crippen LogP contribution is -2.45. The van der Waals surface area contributed by atoms with E-state index in [1.807, 2.05) is 13.2 Å². The monoisotopic (exact) mass is 331 g/mol. The number of rotatable bonds is 6. The van der Waals surface area contributed by atoms with Gasteiger partial charge < -0.3 is 15.2 Å². The molecule has 116 valence electrons. The van der Waals surface area contributed by atoms with Crippen LogP contribution in [-0.2, 0) is 9.53 Å². The molecule has 1 rings (SSSR count). The van der Waals surface area contributed by atoms with Gasteiger partial charge in [0.05, 0.1) is 18.1 Å². The molecule has 0 heterocycles. The van der Waals surface area contributed by atoms with Crippen LogP contribution in [0.15, 0.2) is 24.3 Å². The maximum absolute atomic E-state index is 11.9. The minimum atomic E-state index is -0.922. The van der Waals surface area contributed by atoms with Crippen molar-refractivity contribution in [3.05, 3.63) is 29.8 Å². The number of halogens is 1. The first kappa shape index (κ1) is 17.8. The van der Waals surface area contributed by atoms with Gasteiger partial charge in [-0.25, -0.2) is 9.59 Å². The summed E-state index contributed by atoms with van der Waals surface area (Å²) in [5.74, 6) is -0.773. The van der Waals surface area contributed by atoms with Crippen LogP contribution in [0.4, 0.5) is 0 Å². The SMILES string of the molecule is COC(=O)c1ccc(OC(=O)C(N)C(Cl)C(C)SC)cc1. The molecule has 0 spiro atoms. The Balaban J connectivity index is 2.68. The number of esters is 2. The number of nitrogens with two attached hydrogens (primary N) is 1. The molecule has 0 aliphatic rings. The van der Waals surface area contributed by atoms with Gasteiger partial charge in [0.2, 0.25) is 0 Å². The lowest BCUT2D eigenvalue weighted by Gasteiger charge is -2.21. The largest absolute Gasteiger partial charge is 0.465 e. The molecule has 0 fully saturated rings. The van der Waals surface area contributed by atoms with E-state index in [0.717, 1.165) is 0 Å². The molecular formula is C14H18ClNO4S. The number of thioether (sulfide) groups is 1. The molecule has 3 atom stereocenters. The molecule has 0 aromatic heterocycles. The predicted molar refractivity (Wildman–Crippen MR) is 84.0 cm³/mol. The molecular weight excluding hydrogens is 314 g/mol.